The molecule has 5 nitrogen and oxygen atoms in total. The maximum atomic E-state index is 11.6. The molecule has 0 unspecified atom stereocenters. The van der Waals surface area contributed by atoms with Crippen molar-refractivity contribution in [3.63, 3.8) is 0 Å². The van der Waals surface area contributed by atoms with E-state index in [1.165, 1.54) is 20.3 Å². The number of nitriles is 1. The monoisotopic (exact) mass is 275 g/mol. The second-order valence-electron chi connectivity index (χ2n) is 4.23. The van der Waals surface area contributed by atoms with E-state index in [9.17, 15) is 4.79 Å². The van der Waals surface area contributed by atoms with Crippen molar-refractivity contribution in [2.45, 2.75) is 20.0 Å². The summed E-state index contributed by atoms with van der Waals surface area (Å²) in [6, 6.07) is 6.96. The second-order valence-corrected chi connectivity index (χ2v) is 4.23. The first kappa shape index (κ1) is 15.6. The van der Waals surface area contributed by atoms with Gasteiger partial charge in [-0.2, -0.15) is 5.26 Å². The Hall–Kier alpha value is -2.48. The van der Waals surface area contributed by atoms with Gasteiger partial charge in [0.15, 0.2) is 11.5 Å². The van der Waals surface area contributed by atoms with Gasteiger partial charge in [-0.05, 0) is 37.6 Å². The molecule has 1 aromatic rings. The summed E-state index contributed by atoms with van der Waals surface area (Å²) in [6.07, 6.45) is 0.936. The summed E-state index contributed by atoms with van der Waals surface area (Å²) in [4.78, 5) is 11.6. The van der Waals surface area contributed by atoms with Crippen molar-refractivity contribution in [3.05, 3.63) is 29.8 Å². The molecular formula is C15H17NO4. The van der Waals surface area contributed by atoms with Crippen molar-refractivity contribution in [3.8, 4) is 17.6 Å². The van der Waals surface area contributed by atoms with Gasteiger partial charge in [-0.25, -0.2) is 4.79 Å². The lowest BCUT2D eigenvalue weighted by atomic mass is 10.1. The molecule has 0 atom stereocenters. The summed E-state index contributed by atoms with van der Waals surface area (Å²) in [5.41, 5.74) is 0.766. The van der Waals surface area contributed by atoms with Gasteiger partial charge in [0.25, 0.3) is 0 Å². The first-order valence-corrected chi connectivity index (χ1v) is 6.06. The smallest absolute Gasteiger partial charge is 0.332 e. The number of nitrogens with zero attached hydrogens (tertiary/aromatic N) is 1. The molecule has 0 heterocycles. The van der Waals surface area contributed by atoms with Crippen LogP contribution in [0.5, 0.6) is 11.5 Å². The molecule has 0 spiro atoms. The third-order valence-electron chi connectivity index (χ3n) is 2.43. The van der Waals surface area contributed by atoms with Gasteiger partial charge in [0.1, 0.15) is 6.07 Å². The zero-order valence-electron chi connectivity index (χ0n) is 12.0. The van der Waals surface area contributed by atoms with Crippen molar-refractivity contribution in [1.29, 1.82) is 5.26 Å². The number of hydrogen-bond acceptors (Lipinski definition) is 5. The Kier molecular flexibility index (Phi) is 5.60. The highest BCUT2D eigenvalue weighted by Crippen LogP contribution is 2.30. The first-order valence-electron chi connectivity index (χ1n) is 6.06. The predicted molar refractivity (Wildman–Crippen MR) is 74.4 cm³/mol. The number of benzene rings is 1. The van der Waals surface area contributed by atoms with Crippen molar-refractivity contribution in [2.75, 3.05) is 14.2 Å². The van der Waals surface area contributed by atoms with Crippen LogP contribution in [0.2, 0.25) is 0 Å². The highest BCUT2D eigenvalue weighted by atomic mass is 16.5. The maximum absolute atomic E-state index is 11.6. The largest absolute Gasteiger partial charge is 0.493 e. The van der Waals surface area contributed by atoms with Crippen molar-refractivity contribution in [1.82, 2.24) is 0 Å². The van der Waals surface area contributed by atoms with Gasteiger partial charge in [0, 0.05) is 6.08 Å². The summed E-state index contributed by atoms with van der Waals surface area (Å²) in [5, 5.41) is 9.15. The molecule has 0 radical (unpaired) electrons. The molecule has 5 heteroatoms. The summed E-state index contributed by atoms with van der Waals surface area (Å²) in [5.74, 6) is 0.494. The number of carbonyl (C=O) groups excluding carboxylic acids is 1. The Bertz CT molecular complexity index is 555. The van der Waals surface area contributed by atoms with Crippen LogP contribution in [0, 0.1) is 11.3 Å². The molecule has 0 aliphatic rings. The van der Waals surface area contributed by atoms with Crippen LogP contribution in [0.25, 0.3) is 5.57 Å². The summed E-state index contributed by atoms with van der Waals surface area (Å²) in [6.45, 7) is 3.49. The number of rotatable bonds is 5. The minimum atomic E-state index is -0.550. The highest BCUT2D eigenvalue weighted by molar-refractivity contribution is 5.95. The molecule has 1 aromatic carbocycles. The van der Waals surface area contributed by atoms with Crippen LogP contribution in [-0.4, -0.2) is 26.3 Å². The number of allylic oxidation sites excluding steroid dienone is 1. The quantitative estimate of drug-likeness (QED) is 0.469. The van der Waals surface area contributed by atoms with Gasteiger partial charge in [0.05, 0.1) is 25.9 Å². The number of ether oxygens (including phenoxy) is 3. The minimum Gasteiger partial charge on any atom is -0.493 e. The SMILES string of the molecule is COc1ccc(C(C#N)=CC(=O)OC(C)C)cc1OC. The molecule has 0 bridgehead atoms. The van der Waals surface area contributed by atoms with E-state index < -0.39 is 5.97 Å². The number of methoxy groups -OCH3 is 2. The molecule has 20 heavy (non-hydrogen) atoms. The lowest BCUT2D eigenvalue weighted by Gasteiger charge is -2.09. The maximum Gasteiger partial charge on any atom is 0.332 e. The van der Waals surface area contributed by atoms with Gasteiger partial charge in [-0.3, -0.25) is 0 Å². The van der Waals surface area contributed by atoms with Gasteiger partial charge in [0.2, 0.25) is 0 Å². The number of hydrogen-bond donors (Lipinski definition) is 0. The predicted octanol–water partition coefficient (Wildman–Crippen LogP) is 2.56. The van der Waals surface area contributed by atoms with Crippen LogP contribution in [0.15, 0.2) is 24.3 Å². The average Bonchev–Trinajstić information content (AvgIpc) is 2.43. The Morgan fingerprint density at radius 2 is 1.90 bits per heavy atom. The van der Waals surface area contributed by atoms with Gasteiger partial charge >= 0.3 is 5.97 Å². The molecule has 0 saturated carbocycles. The first-order chi connectivity index (χ1) is 9.51. The van der Waals surface area contributed by atoms with Gasteiger partial charge in [-0.15, -0.1) is 0 Å². The fraction of sp³-hybridized carbons (Fsp3) is 0.333. The van der Waals surface area contributed by atoms with E-state index in [0.29, 0.717) is 17.1 Å². The van der Waals surface area contributed by atoms with Crippen LogP contribution in [-0.2, 0) is 9.53 Å². The summed E-state index contributed by atoms with van der Waals surface area (Å²) >= 11 is 0. The van der Waals surface area contributed by atoms with E-state index in [4.69, 9.17) is 19.5 Å². The second kappa shape index (κ2) is 7.19. The van der Waals surface area contributed by atoms with E-state index in [0.717, 1.165) is 0 Å². The van der Waals surface area contributed by atoms with E-state index in [-0.39, 0.29) is 11.7 Å². The van der Waals surface area contributed by atoms with Crippen LogP contribution < -0.4 is 9.47 Å². The molecule has 0 amide bonds. The third-order valence-corrected chi connectivity index (χ3v) is 2.43. The Labute approximate surface area is 118 Å². The number of carbonyl (C=O) groups is 1. The molecule has 0 aliphatic carbocycles. The Balaban J connectivity index is 3.10. The molecule has 0 aliphatic heterocycles. The molecule has 0 saturated heterocycles. The fourth-order valence-corrected chi connectivity index (χ4v) is 1.57. The van der Waals surface area contributed by atoms with Crippen LogP contribution in [0.3, 0.4) is 0 Å². The molecule has 0 N–H and O–H groups in total. The van der Waals surface area contributed by atoms with E-state index in [1.807, 2.05) is 6.07 Å². The average molecular weight is 275 g/mol. The van der Waals surface area contributed by atoms with Gasteiger partial charge in [-0.1, -0.05) is 0 Å². The van der Waals surface area contributed by atoms with Crippen molar-refractivity contribution >= 4 is 11.5 Å². The zero-order valence-corrected chi connectivity index (χ0v) is 12.0. The minimum absolute atomic E-state index is 0.205. The summed E-state index contributed by atoms with van der Waals surface area (Å²) in [7, 11) is 3.03. The van der Waals surface area contributed by atoms with Crippen LogP contribution in [0.4, 0.5) is 0 Å². The third kappa shape index (κ3) is 4.02. The summed E-state index contributed by atoms with van der Waals surface area (Å²) < 4.78 is 15.3. The lowest BCUT2D eigenvalue weighted by molar-refractivity contribution is -0.141. The Morgan fingerprint density at radius 1 is 1.25 bits per heavy atom. The van der Waals surface area contributed by atoms with E-state index in [1.54, 1.807) is 32.0 Å². The standard InChI is InChI=1S/C15H17NO4/c1-10(2)20-15(17)8-12(9-16)11-5-6-13(18-3)14(7-11)19-4/h5-8,10H,1-4H3. The lowest BCUT2D eigenvalue weighted by Crippen LogP contribution is -2.09. The fourth-order valence-electron chi connectivity index (χ4n) is 1.57. The van der Waals surface area contributed by atoms with Crippen LogP contribution in [0.1, 0.15) is 19.4 Å². The molecular weight excluding hydrogens is 258 g/mol. The molecule has 1 rings (SSSR count). The zero-order chi connectivity index (χ0) is 15.1. The van der Waals surface area contributed by atoms with Crippen molar-refractivity contribution < 1.29 is 19.0 Å². The van der Waals surface area contributed by atoms with E-state index in [2.05, 4.69) is 0 Å². The normalized spacial score (nSPS) is 10.9. The molecule has 0 fully saturated rings. The van der Waals surface area contributed by atoms with E-state index >= 15 is 0 Å². The number of esters is 1. The van der Waals surface area contributed by atoms with Crippen molar-refractivity contribution in [2.24, 2.45) is 0 Å². The molecule has 106 valence electrons. The van der Waals surface area contributed by atoms with Crippen LogP contribution >= 0.6 is 0 Å². The topological polar surface area (TPSA) is 68.5 Å². The molecule has 0 aromatic heterocycles. The van der Waals surface area contributed by atoms with Gasteiger partial charge < -0.3 is 14.2 Å². The highest BCUT2D eigenvalue weighted by Gasteiger charge is 2.10. The Morgan fingerprint density at radius 3 is 2.40 bits per heavy atom.